The van der Waals surface area contributed by atoms with Gasteiger partial charge in [-0.1, -0.05) is 6.42 Å². The first kappa shape index (κ1) is 12.8. The van der Waals surface area contributed by atoms with Gasteiger partial charge in [-0.25, -0.2) is 0 Å². The minimum atomic E-state index is -0.333. The van der Waals surface area contributed by atoms with Gasteiger partial charge in [0.05, 0.1) is 6.04 Å². The molecule has 0 bridgehead atoms. The summed E-state index contributed by atoms with van der Waals surface area (Å²) in [5.41, 5.74) is 5.79. The Morgan fingerprint density at radius 1 is 1.60 bits per heavy atom. The SMILES string of the molecule is CSCC[C@H](N)C(=O)NC(C)C1CCC1. The normalized spacial score (nSPS) is 20.5. The number of rotatable bonds is 6. The minimum Gasteiger partial charge on any atom is -0.352 e. The lowest BCUT2D eigenvalue weighted by Gasteiger charge is -2.32. The van der Waals surface area contributed by atoms with Crippen molar-refractivity contribution in [1.29, 1.82) is 0 Å². The Bertz CT molecular complexity index is 207. The number of carbonyl (C=O) groups excluding carboxylic acids is 1. The molecule has 1 saturated carbocycles. The second-order valence-electron chi connectivity index (χ2n) is 4.38. The number of hydrogen-bond donors (Lipinski definition) is 2. The molecule has 0 aromatic carbocycles. The van der Waals surface area contributed by atoms with Crippen molar-refractivity contribution in [2.45, 2.75) is 44.7 Å². The van der Waals surface area contributed by atoms with E-state index in [0.29, 0.717) is 12.0 Å². The first-order chi connectivity index (χ1) is 7.15. The van der Waals surface area contributed by atoms with Gasteiger partial charge >= 0.3 is 0 Å². The summed E-state index contributed by atoms with van der Waals surface area (Å²) in [6.07, 6.45) is 6.61. The molecule has 1 amide bonds. The van der Waals surface area contributed by atoms with Gasteiger partial charge in [0.15, 0.2) is 0 Å². The number of carbonyl (C=O) groups is 1. The predicted molar refractivity (Wildman–Crippen MR) is 65.9 cm³/mol. The van der Waals surface area contributed by atoms with Gasteiger partial charge in [-0.05, 0) is 44.1 Å². The third-order valence-electron chi connectivity index (χ3n) is 3.20. The van der Waals surface area contributed by atoms with Crippen LogP contribution in [-0.2, 0) is 4.79 Å². The summed E-state index contributed by atoms with van der Waals surface area (Å²) in [6, 6.07) is -0.0356. The van der Waals surface area contributed by atoms with Crippen molar-refractivity contribution < 1.29 is 4.79 Å². The van der Waals surface area contributed by atoms with Gasteiger partial charge in [-0.15, -0.1) is 0 Å². The van der Waals surface area contributed by atoms with Crippen LogP contribution < -0.4 is 11.1 Å². The van der Waals surface area contributed by atoms with Crippen LogP contribution >= 0.6 is 11.8 Å². The average Bonchev–Trinajstić information content (AvgIpc) is 2.10. The van der Waals surface area contributed by atoms with Crippen LogP contribution in [0.2, 0.25) is 0 Å². The molecule has 3 N–H and O–H groups in total. The highest BCUT2D eigenvalue weighted by molar-refractivity contribution is 7.98. The largest absolute Gasteiger partial charge is 0.352 e. The maximum Gasteiger partial charge on any atom is 0.237 e. The van der Waals surface area contributed by atoms with E-state index in [4.69, 9.17) is 5.73 Å². The molecule has 0 spiro atoms. The molecule has 4 heteroatoms. The number of amides is 1. The van der Waals surface area contributed by atoms with Crippen LogP contribution in [0, 0.1) is 5.92 Å². The van der Waals surface area contributed by atoms with E-state index in [1.165, 1.54) is 19.3 Å². The maximum atomic E-state index is 11.7. The Labute approximate surface area is 96.6 Å². The van der Waals surface area contributed by atoms with Gasteiger partial charge in [0.25, 0.3) is 0 Å². The molecule has 1 unspecified atom stereocenters. The summed E-state index contributed by atoms with van der Waals surface area (Å²) < 4.78 is 0. The van der Waals surface area contributed by atoms with Gasteiger partial charge in [-0.3, -0.25) is 4.79 Å². The van der Waals surface area contributed by atoms with Crippen LogP contribution in [0.25, 0.3) is 0 Å². The monoisotopic (exact) mass is 230 g/mol. The fourth-order valence-corrected chi connectivity index (χ4v) is 2.25. The summed E-state index contributed by atoms with van der Waals surface area (Å²) in [4.78, 5) is 11.7. The zero-order valence-corrected chi connectivity index (χ0v) is 10.5. The van der Waals surface area contributed by atoms with E-state index in [9.17, 15) is 4.79 Å². The van der Waals surface area contributed by atoms with Gasteiger partial charge < -0.3 is 11.1 Å². The van der Waals surface area contributed by atoms with Gasteiger partial charge in [-0.2, -0.15) is 11.8 Å². The highest BCUT2D eigenvalue weighted by atomic mass is 32.2. The van der Waals surface area contributed by atoms with E-state index in [2.05, 4.69) is 12.2 Å². The molecule has 0 heterocycles. The summed E-state index contributed by atoms with van der Waals surface area (Å²) >= 11 is 1.73. The van der Waals surface area contributed by atoms with Crippen molar-refractivity contribution in [1.82, 2.24) is 5.32 Å². The number of hydrogen-bond acceptors (Lipinski definition) is 3. The minimum absolute atomic E-state index is 0.0171. The molecule has 1 aliphatic rings. The van der Waals surface area contributed by atoms with Gasteiger partial charge in [0.1, 0.15) is 0 Å². The van der Waals surface area contributed by atoms with Gasteiger partial charge in [0.2, 0.25) is 5.91 Å². The van der Waals surface area contributed by atoms with E-state index in [0.717, 1.165) is 12.2 Å². The summed E-state index contributed by atoms with van der Waals surface area (Å²) in [5.74, 6) is 1.65. The number of nitrogens with two attached hydrogens (primary N) is 1. The van der Waals surface area contributed by atoms with E-state index in [-0.39, 0.29) is 11.9 Å². The third kappa shape index (κ3) is 4.03. The van der Waals surface area contributed by atoms with Crippen molar-refractivity contribution >= 4 is 17.7 Å². The average molecular weight is 230 g/mol. The topological polar surface area (TPSA) is 55.1 Å². The quantitative estimate of drug-likeness (QED) is 0.724. The van der Waals surface area contributed by atoms with Crippen LogP contribution in [0.5, 0.6) is 0 Å². The van der Waals surface area contributed by atoms with Crippen molar-refractivity contribution in [2.24, 2.45) is 11.7 Å². The van der Waals surface area contributed by atoms with Gasteiger partial charge in [0, 0.05) is 6.04 Å². The Morgan fingerprint density at radius 3 is 2.73 bits per heavy atom. The Balaban J connectivity index is 2.20. The lowest BCUT2D eigenvalue weighted by Crippen LogP contribution is -2.48. The second kappa shape index (κ2) is 6.38. The predicted octanol–water partition coefficient (Wildman–Crippen LogP) is 1.37. The smallest absolute Gasteiger partial charge is 0.237 e. The highest BCUT2D eigenvalue weighted by Gasteiger charge is 2.26. The van der Waals surface area contributed by atoms with E-state index in [1.54, 1.807) is 11.8 Å². The molecular formula is C11H22N2OS. The Hall–Kier alpha value is -0.220. The molecule has 3 nitrogen and oxygen atoms in total. The molecular weight excluding hydrogens is 208 g/mol. The number of nitrogens with one attached hydrogen (secondary N) is 1. The lowest BCUT2D eigenvalue weighted by atomic mass is 9.80. The standard InChI is InChI=1S/C11H22N2OS/c1-8(9-4-3-5-9)13-11(14)10(12)6-7-15-2/h8-10H,3-7,12H2,1-2H3,(H,13,14)/t8?,10-/m0/s1. The molecule has 0 radical (unpaired) electrons. The second-order valence-corrected chi connectivity index (χ2v) is 5.36. The molecule has 2 atom stereocenters. The molecule has 0 aromatic heterocycles. The Morgan fingerprint density at radius 2 is 2.27 bits per heavy atom. The van der Waals surface area contributed by atoms with Crippen molar-refractivity contribution in [3.8, 4) is 0 Å². The van der Waals surface area contributed by atoms with Crippen LogP contribution in [0.15, 0.2) is 0 Å². The summed E-state index contributed by atoms with van der Waals surface area (Å²) in [6.45, 7) is 2.09. The number of thioether (sulfide) groups is 1. The molecule has 1 aliphatic carbocycles. The van der Waals surface area contributed by atoms with Crippen molar-refractivity contribution in [2.75, 3.05) is 12.0 Å². The van der Waals surface area contributed by atoms with Crippen LogP contribution in [0.1, 0.15) is 32.6 Å². The Kier molecular flexibility index (Phi) is 5.47. The summed E-state index contributed by atoms with van der Waals surface area (Å²) in [7, 11) is 0. The van der Waals surface area contributed by atoms with E-state index < -0.39 is 0 Å². The molecule has 88 valence electrons. The first-order valence-corrected chi connectivity index (χ1v) is 7.09. The molecule has 1 rings (SSSR count). The highest BCUT2D eigenvalue weighted by Crippen LogP contribution is 2.29. The fraction of sp³-hybridized carbons (Fsp3) is 0.909. The zero-order chi connectivity index (χ0) is 11.3. The van der Waals surface area contributed by atoms with Crippen LogP contribution in [-0.4, -0.2) is 30.0 Å². The lowest BCUT2D eigenvalue weighted by molar-refractivity contribution is -0.123. The summed E-state index contributed by atoms with van der Waals surface area (Å²) in [5, 5.41) is 3.02. The molecule has 1 fully saturated rings. The van der Waals surface area contributed by atoms with Crippen molar-refractivity contribution in [3.05, 3.63) is 0 Å². The van der Waals surface area contributed by atoms with Crippen LogP contribution in [0.4, 0.5) is 0 Å². The molecule has 0 saturated heterocycles. The van der Waals surface area contributed by atoms with Crippen molar-refractivity contribution in [3.63, 3.8) is 0 Å². The van der Waals surface area contributed by atoms with E-state index >= 15 is 0 Å². The fourth-order valence-electron chi connectivity index (χ4n) is 1.77. The van der Waals surface area contributed by atoms with E-state index in [1.807, 2.05) is 6.26 Å². The molecule has 0 aliphatic heterocycles. The zero-order valence-electron chi connectivity index (χ0n) is 9.66. The van der Waals surface area contributed by atoms with Crippen LogP contribution in [0.3, 0.4) is 0 Å². The first-order valence-electron chi connectivity index (χ1n) is 5.70. The maximum absolute atomic E-state index is 11.7. The molecule has 0 aromatic rings. The third-order valence-corrected chi connectivity index (χ3v) is 3.84. The molecule has 15 heavy (non-hydrogen) atoms.